The van der Waals surface area contributed by atoms with Crippen LogP contribution in [0.3, 0.4) is 0 Å². The van der Waals surface area contributed by atoms with Crippen LogP contribution >= 0.6 is 0 Å². The van der Waals surface area contributed by atoms with Gasteiger partial charge in [0.15, 0.2) is 5.52 Å². The van der Waals surface area contributed by atoms with Crippen LogP contribution in [-0.2, 0) is 0 Å². The van der Waals surface area contributed by atoms with E-state index in [2.05, 4.69) is 137 Å². The van der Waals surface area contributed by atoms with Crippen molar-refractivity contribution in [2.75, 3.05) is 34.8 Å². The number of nitrogens with one attached hydrogen (secondary N) is 2. The van der Waals surface area contributed by atoms with Gasteiger partial charge in [-0.25, -0.2) is 9.98 Å². The zero-order valence-corrected chi connectivity index (χ0v) is 33.1. The van der Waals surface area contributed by atoms with E-state index in [1.807, 2.05) is 19.9 Å². The van der Waals surface area contributed by atoms with Gasteiger partial charge in [0.2, 0.25) is 16.7 Å². The van der Waals surface area contributed by atoms with Crippen molar-refractivity contribution in [3.63, 3.8) is 0 Å². The van der Waals surface area contributed by atoms with Crippen molar-refractivity contribution in [2.45, 2.75) is 72.3 Å². The summed E-state index contributed by atoms with van der Waals surface area (Å²) in [5, 5.41) is 7.50. The molecule has 1 aliphatic carbocycles. The van der Waals surface area contributed by atoms with Crippen molar-refractivity contribution in [3.05, 3.63) is 137 Å². The molecule has 2 heterocycles. The maximum absolute atomic E-state index is 6.56. The average Bonchev–Trinajstić information content (AvgIpc) is 3.21. The minimum Gasteiger partial charge on any atom is -0.397 e. The van der Waals surface area contributed by atoms with E-state index in [9.17, 15) is 0 Å². The van der Waals surface area contributed by atoms with Crippen LogP contribution in [0, 0.1) is 20.8 Å². The standard InChI is InChI=1S/C48H52N8/c1-31-21-23-41-47(45(31)49)53-39-27-33(3)37(29-43(39)55(41)35-17-11-9-12-18-35)51-25-15-7-5-6-8-16-26-52-38-30-44-40(28-34(38)4)54-48-42(24-22-32(2)46(48)50)56(44)36-19-13-10-14-20-36/h9-14,17-24,27-30,43,51H,5-8,15-16,25-26,49H2,1-4H3,(H2,50,52)/p+1. The Labute approximate surface area is 330 Å². The first-order chi connectivity index (χ1) is 27.3. The predicted molar refractivity (Wildman–Crippen MR) is 236 cm³/mol. The molecule has 6 N–H and O–H groups in total. The normalized spacial score (nSPS) is 14.9. The van der Waals surface area contributed by atoms with Gasteiger partial charge in [0.1, 0.15) is 11.2 Å². The van der Waals surface area contributed by atoms with E-state index in [1.165, 1.54) is 42.5 Å². The lowest BCUT2D eigenvalue weighted by atomic mass is 9.93. The summed E-state index contributed by atoms with van der Waals surface area (Å²) < 4.78 is 2.28. The topological polar surface area (TPSA) is 108 Å². The van der Waals surface area contributed by atoms with Gasteiger partial charge in [-0.2, -0.15) is 0 Å². The second kappa shape index (κ2) is 15.9. The monoisotopic (exact) mass is 741 g/mol. The third kappa shape index (κ3) is 7.19. The number of nitrogens with two attached hydrogens (primary N) is 2. The number of nitrogen functional groups attached to an aromatic ring is 2. The van der Waals surface area contributed by atoms with Gasteiger partial charge in [0.05, 0.1) is 28.8 Å². The number of aliphatic imine (C=N–C) groups is 1. The van der Waals surface area contributed by atoms with Crippen molar-refractivity contribution in [2.24, 2.45) is 4.99 Å². The number of hydrogen-bond donors (Lipinski definition) is 4. The first kappa shape index (κ1) is 36.8. The molecule has 284 valence electrons. The molecule has 2 aliphatic rings. The number of fused-ring (bicyclic) bond motifs is 4. The summed E-state index contributed by atoms with van der Waals surface area (Å²) in [6.07, 6.45) is 11.7. The second-order valence-electron chi connectivity index (χ2n) is 15.3. The van der Waals surface area contributed by atoms with E-state index >= 15 is 0 Å². The fourth-order valence-electron chi connectivity index (χ4n) is 8.08. The van der Waals surface area contributed by atoms with Gasteiger partial charge < -0.3 is 27.0 Å². The molecule has 56 heavy (non-hydrogen) atoms. The summed E-state index contributed by atoms with van der Waals surface area (Å²) in [7, 11) is 0. The van der Waals surface area contributed by atoms with Gasteiger partial charge >= 0.3 is 0 Å². The van der Waals surface area contributed by atoms with Gasteiger partial charge in [-0.3, -0.25) is 0 Å². The highest BCUT2D eigenvalue weighted by molar-refractivity contribution is 6.12. The van der Waals surface area contributed by atoms with Gasteiger partial charge in [-0.15, -0.1) is 4.57 Å². The number of aromatic nitrogens is 2. The number of nitrogens with zero attached hydrogens (tertiary/aromatic N) is 4. The van der Waals surface area contributed by atoms with Crippen LogP contribution in [-0.4, -0.2) is 29.8 Å². The summed E-state index contributed by atoms with van der Waals surface area (Å²) in [4.78, 5) is 12.5. The van der Waals surface area contributed by atoms with E-state index in [1.54, 1.807) is 0 Å². The molecule has 0 saturated heterocycles. The largest absolute Gasteiger partial charge is 0.397 e. The molecular formula is C48H53N8+. The summed E-state index contributed by atoms with van der Waals surface area (Å²) in [5.41, 5.74) is 30.4. The van der Waals surface area contributed by atoms with Crippen molar-refractivity contribution in [3.8, 4) is 5.69 Å². The smallest absolute Gasteiger partial charge is 0.239 e. The summed E-state index contributed by atoms with van der Waals surface area (Å²) in [6.45, 7) is 10.3. The average molecular weight is 742 g/mol. The van der Waals surface area contributed by atoms with Crippen LogP contribution in [0.5, 0.6) is 0 Å². The fraction of sp³-hybridized carbons (Fsp3) is 0.271. The number of anilines is 5. The van der Waals surface area contributed by atoms with Crippen molar-refractivity contribution >= 4 is 61.9 Å². The molecule has 5 aromatic carbocycles. The Kier molecular flexibility index (Phi) is 10.5. The van der Waals surface area contributed by atoms with Crippen LogP contribution < -0.4 is 31.6 Å². The van der Waals surface area contributed by atoms with Gasteiger partial charge in [0, 0.05) is 54.4 Å². The molecule has 1 atom stereocenters. The maximum Gasteiger partial charge on any atom is 0.239 e. The molecule has 8 nitrogen and oxygen atoms in total. The van der Waals surface area contributed by atoms with Crippen LogP contribution in [0.2, 0.25) is 0 Å². The number of unbranched alkanes of at least 4 members (excludes halogenated alkanes) is 5. The Bertz CT molecular complexity index is 2500. The second-order valence-corrected chi connectivity index (χ2v) is 15.3. The Morgan fingerprint density at radius 3 is 2.09 bits per heavy atom. The van der Waals surface area contributed by atoms with E-state index in [0.29, 0.717) is 0 Å². The number of para-hydroxylation sites is 2. The molecule has 8 rings (SSSR count). The minimum atomic E-state index is -0.00451. The molecule has 0 amide bonds. The zero-order valence-electron chi connectivity index (χ0n) is 33.1. The first-order valence-electron chi connectivity index (χ1n) is 20.1. The highest BCUT2D eigenvalue weighted by Gasteiger charge is 2.33. The van der Waals surface area contributed by atoms with Gasteiger partial charge in [0.25, 0.3) is 0 Å². The lowest BCUT2D eigenvalue weighted by Gasteiger charge is -2.39. The molecule has 1 aromatic heterocycles. The molecular weight excluding hydrogens is 689 g/mol. The van der Waals surface area contributed by atoms with Gasteiger partial charge in [-0.1, -0.05) is 74.2 Å². The van der Waals surface area contributed by atoms with Crippen LogP contribution in [0.15, 0.2) is 125 Å². The Balaban J connectivity index is 0.843. The summed E-state index contributed by atoms with van der Waals surface area (Å²) in [5.74, 6) is 0. The quantitative estimate of drug-likeness (QED) is 0.0406. The van der Waals surface area contributed by atoms with E-state index in [0.717, 1.165) is 105 Å². The van der Waals surface area contributed by atoms with E-state index in [-0.39, 0.29) is 6.04 Å². The number of aryl methyl sites for hydroxylation is 3. The van der Waals surface area contributed by atoms with Crippen molar-refractivity contribution < 1.29 is 4.57 Å². The first-order valence-corrected chi connectivity index (χ1v) is 20.1. The van der Waals surface area contributed by atoms with Crippen molar-refractivity contribution in [1.82, 2.24) is 10.3 Å². The highest BCUT2D eigenvalue weighted by Crippen LogP contribution is 2.45. The third-order valence-electron chi connectivity index (χ3n) is 11.3. The molecule has 0 fully saturated rings. The molecule has 0 saturated carbocycles. The number of allylic oxidation sites excluding steroid dienone is 1. The molecule has 8 heteroatoms. The number of benzene rings is 5. The zero-order chi connectivity index (χ0) is 38.8. The molecule has 6 aromatic rings. The third-order valence-corrected chi connectivity index (χ3v) is 11.3. The number of hydrogen-bond acceptors (Lipinski definition) is 7. The van der Waals surface area contributed by atoms with E-state index < -0.39 is 0 Å². The molecule has 1 unspecified atom stereocenters. The predicted octanol–water partition coefficient (Wildman–Crippen LogP) is 10.2. The Hall–Kier alpha value is -6.15. The fourth-order valence-corrected chi connectivity index (χ4v) is 8.08. The summed E-state index contributed by atoms with van der Waals surface area (Å²) in [6, 6.07) is 33.9. The lowest BCUT2D eigenvalue weighted by molar-refractivity contribution is -0.538. The molecule has 1 aliphatic heterocycles. The Morgan fingerprint density at radius 1 is 0.679 bits per heavy atom. The van der Waals surface area contributed by atoms with Crippen LogP contribution in [0.25, 0.3) is 27.8 Å². The molecule has 0 spiro atoms. The van der Waals surface area contributed by atoms with Crippen LogP contribution in [0.1, 0.15) is 62.1 Å². The number of rotatable bonds is 13. The summed E-state index contributed by atoms with van der Waals surface area (Å²) >= 11 is 0. The maximum atomic E-state index is 6.56. The molecule has 0 radical (unpaired) electrons. The van der Waals surface area contributed by atoms with Crippen molar-refractivity contribution in [1.29, 1.82) is 0 Å². The van der Waals surface area contributed by atoms with Gasteiger partial charge in [-0.05, 0) is 99.2 Å². The highest BCUT2D eigenvalue weighted by atomic mass is 15.2. The SMILES string of the molecule is CC1=CC2=Nc3c(ccc(C)c3N)N(c3ccccc3)C2C=C1NCCCCCCCCNc1cc2c(cc1C)nc1c(N)c(C)ccc1[n+]2-c1ccccc1. The lowest BCUT2D eigenvalue weighted by Crippen LogP contribution is -2.41. The van der Waals surface area contributed by atoms with E-state index in [4.69, 9.17) is 21.4 Å². The minimum absolute atomic E-state index is 0.00451. The molecule has 0 bridgehead atoms. The van der Waals surface area contributed by atoms with Crippen LogP contribution in [0.4, 0.5) is 34.1 Å². The Morgan fingerprint density at radius 2 is 1.34 bits per heavy atom.